The van der Waals surface area contributed by atoms with Crippen LogP contribution in [0.3, 0.4) is 0 Å². The molecule has 0 aromatic carbocycles. The van der Waals surface area contributed by atoms with Crippen molar-refractivity contribution >= 4 is 29.4 Å². The van der Waals surface area contributed by atoms with Crippen molar-refractivity contribution in [3.63, 3.8) is 0 Å². The minimum absolute atomic E-state index is 0.111. The van der Waals surface area contributed by atoms with E-state index in [0.29, 0.717) is 10.8 Å². The number of rotatable bonds is 4. The molecule has 0 unspecified atom stereocenters. The molecule has 2 aromatic heterocycles. The first-order valence-electron chi connectivity index (χ1n) is 5.32. The predicted molar refractivity (Wildman–Crippen MR) is 69.9 cm³/mol. The van der Waals surface area contributed by atoms with Gasteiger partial charge in [-0.05, 0) is 12.5 Å². The second kappa shape index (κ2) is 4.85. The molecule has 2 aromatic rings. The van der Waals surface area contributed by atoms with E-state index in [2.05, 4.69) is 4.98 Å². The van der Waals surface area contributed by atoms with Crippen molar-refractivity contribution < 1.29 is 18.8 Å². The number of hydrogen-bond donors (Lipinski definition) is 3. The quantitative estimate of drug-likeness (QED) is 0.739. The standard InChI is InChI=1S/C10H13N2O4PS/c1-2-3-7-8(12-10(11)18-7)9-6(4-5-16-9)17(13,14)15/h4-5H,2-3H2,1H3,(H2,11,12)(H2,13,14,15). The largest absolute Gasteiger partial charge is 0.462 e. The Balaban J connectivity index is 2.56. The highest BCUT2D eigenvalue weighted by Crippen LogP contribution is 2.40. The van der Waals surface area contributed by atoms with Crippen LogP contribution in [0, 0.1) is 0 Å². The molecule has 2 heterocycles. The highest BCUT2D eigenvalue weighted by Gasteiger charge is 2.28. The van der Waals surface area contributed by atoms with Crippen LogP contribution in [0.1, 0.15) is 18.2 Å². The summed E-state index contributed by atoms with van der Waals surface area (Å²) in [7, 11) is -4.37. The number of hydrogen-bond acceptors (Lipinski definition) is 5. The summed E-state index contributed by atoms with van der Waals surface area (Å²) >= 11 is 1.31. The zero-order valence-corrected chi connectivity index (χ0v) is 11.4. The van der Waals surface area contributed by atoms with Gasteiger partial charge < -0.3 is 19.9 Å². The van der Waals surface area contributed by atoms with E-state index in [1.807, 2.05) is 6.92 Å². The van der Waals surface area contributed by atoms with Crippen molar-refractivity contribution in [3.8, 4) is 11.5 Å². The number of aromatic nitrogens is 1. The Morgan fingerprint density at radius 1 is 1.56 bits per heavy atom. The van der Waals surface area contributed by atoms with E-state index in [0.717, 1.165) is 17.7 Å². The Morgan fingerprint density at radius 2 is 2.28 bits per heavy atom. The SMILES string of the molecule is CCCc1sc(N)nc1-c1occc1P(=O)(O)O. The summed E-state index contributed by atoms with van der Waals surface area (Å²) in [6, 6.07) is 1.27. The lowest BCUT2D eigenvalue weighted by Gasteiger charge is -2.03. The van der Waals surface area contributed by atoms with Crippen molar-refractivity contribution in [2.75, 3.05) is 5.73 Å². The van der Waals surface area contributed by atoms with E-state index in [4.69, 9.17) is 10.2 Å². The number of aryl methyl sites for hydroxylation is 1. The van der Waals surface area contributed by atoms with Crippen molar-refractivity contribution in [2.24, 2.45) is 0 Å². The molecule has 8 heteroatoms. The van der Waals surface area contributed by atoms with Crippen LogP contribution < -0.4 is 11.0 Å². The average Bonchev–Trinajstić information content (AvgIpc) is 2.83. The van der Waals surface area contributed by atoms with Crippen molar-refractivity contribution in [1.82, 2.24) is 4.98 Å². The van der Waals surface area contributed by atoms with Gasteiger partial charge in [0.15, 0.2) is 10.9 Å². The van der Waals surface area contributed by atoms with E-state index in [-0.39, 0.29) is 11.1 Å². The molecule has 98 valence electrons. The first-order valence-corrected chi connectivity index (χ1v) is 7.75. The number of nitrogen functional groups attached to an aromatic ring is 1. The summed E-state index contributed by atoms with van der Waals surface area (Å²) in [6.45, 7) is 2.01. The summed E-state index contributed by atoms with van der Waals surface area (Å²) in [5, 5.41) is 0.215. The van der Waals surface area contributed by atoms with Crippen LogP contribution in [-0.2, 0) is 11.0 Å². The molecule has 0 atom stereocenters. The maximum absolute atomic E-state index is 11.3. The average molecular weight is 288 g/mol. The monoisotopic (exact) mass is 288 g/mol. The molecule has 0 bridgehead atoms. The van der Waals surface area contributed by atoms with E-state index >= 15 is 0 Å². The van der Waals surface area contributed by atoms with Gasteiger partial charge in [0.25, 0.3) is 0 Å². The lowest BCUT2D eigenvalue weighted by atomic mass is 10.2. The van der Waals surface area contributed by atoms with E-state index in [9.17, 15) is 14.4 Å². The fourth-order valence-electron chi connectivity index (χ4n) is 1.65. The molecule has 0 spiro atoms. The number of anilines is 1. The molecule has 2 rings (SSSR count). The summed E-state index contributed by atoms with van der Waals surface area (Å²) in [4.78, 5) is 23.5. The van der Waals surface area contributed by atoms with Gasteiger partial charge in [-0.1, -0.05) is 13.3 Å². The topological polar surface area (TPSA) is 110 Å². The Kier molecular flexibility index (Phi) is 3.59. The Labute approximate surface area is 108 Å². The van der Waals surface area contributed by atoms with Crippen LogP contribution in [0.4, 0.5) is 5.13 Å². The van der Waals surface area contributed by atoms with Crippen LogP contribution in [0.25, 0.3) is 11.5 Å². The molecule has 0 radical (unpaired) electrons. The Morgan fingerprint density at radius 3 is 2.89 bits per heavy atom. The van der Waals surface area contributed by atoms with Crippen LogP contribution >= 0.6 is 18.9 Å². The Bertz CT molecular complexity index is 601. The Hall–Kier alpha value is -1.14. The van der Waals surface area contributed by atoms with E-state index in [1.54, 1.807) is 0 Å². The molecule has 0 saturated heterocycles. The van der Waals surface area contributed by atoms with Crippen molar-refractivity contribution in [2.45, 2.75) is 19.8 Å². The number of furan rings is 1. The van der Waals surface area contributed by atoms with Gasteiger partial charge in [0.2, 0.25) is 0 Å². The molecular weight excluding hydrogens is 275 g/mol. The van der Waals surface area contributed by atoms with E-state index < -0.39 is 7.60 Å². The van der Waals surface area contributed by atoms with Gasteiger partial charge >= 0.3 is 7.60 Å². The van der Waals surface area contributed by atoms with Gasteiger partial charge in [0, 0.05) is 4.88 Å². The zero-order valence-electron chi connectivity index (χ0n) is 9.66. The van der Waals surface area contributed by atoms with Crippen molar-refractivity contribution in [3.05, 3.63) is 17.2 Å². The fourth-order valence-corrected chi connectivity index (χ4v) is 3.26. The third kappa shape index (κ3) is 2.49. The number of thiazole rings is 1. The third-order valence-corrected chi connectivity index (χ3v) is 4.29. The molecular formula is C10H13N2O4PS. The predicted octanol–water partition coefficient (Wildman–Crippen LogP) is 1.74. The third-order valence-electron chi connectivity index (χ3n) is 2.36. The molecule has 0 fully saturated rings. The lowest BCUT2D eigenvalue weighted by molar-refractivity contribution is 0.387. The molecule has 18 heavy (non-hydrogen) atoms. The maximum atomic E-state index is 11.3. The van der Waals surface area contributed by atoms with Crippen molar-refractivity contribution in [1.29, 1.82) is 0 Å². The minimum atomic E-state index is -4.37. The molecule has 0 aliphatic rings. The number of nitrogens with zero attached hydrogens (tertiary/aromatic N) is 1. The van der Waals surface area contributed by atoms with Crippen LogP contribution in [-0.4, -0.2) is 14.8 Å². The van der Waals surface area contributed by atoms with Crippen LogP contribution in [0.5, 0.6) is 0 Å². The normalized spacial score (nSPS) is 11.9. The minimum Gasteiger partial charge on any atom is -0.462 e. The fraction of sp³-hybridized carbons (Fsp3) is 0.300. The van der Waals surface area contributed by atoms with Gasteiger partial charge in [0.1, 0.15) is 11.0 Å². The molecule has 6 nitrogen and oxygen atoms in total. The lowest BCUT2D eigenvalue weighted by Crippen LogP contribution is -2.04. The summed E-state index contributed by atoms with van der Waals surface area (Å²) < 4.78 is 16.5. The van der Waals surface area contributed by atoms with E-state index in [1.165, 1.54) is 23.7 Å². The molecule has 0 saturated carbocycles. The van der Waals surface area contributed by atoms with Crippen LogP contribution in [0.2, 0.25) is 0 Å². The summed E-state index contributed by atoms with van der Waals surface area (Å²) in [5.41, 5.74) is 6.08. The maximum Gasteiger partial charge on any atom is 0.360 e. The molecule has 0 aliphatic carbocycles. The summed E-state index contributed by atoms with van der Waals surface area (Å²) in [6.07, 6.45) is 2.88. The molecule has 4 N–H and O–H groups in total. The van der Waals surface area contributed by atoms with Gasteiger partial charge in [-0.25, -0.2) is 4.98 Å². The highest BCUT2D eigenvalue weighted by molar-refractivity contribution is 7.60. The molecule has 0 amide bonds. The van der Waals surface area contributed by atoms with Crippen LogP contribution in [0.15, 0.2) is 16.7 Å². The van der Waals surface area contributed by atoms with Gasteiger partial charge in [-0.15, -0.1) is 11.3 Å². The second-order valence-electron chi connectivity index (χ2n) is 3.75. The smallest absolute Gasteiger partial charge is 0.360 e. The van der Waals surface area contributed by atoms with Gasteiger partial charge in [-0.3, -0.25) is 4.57 Å². The zero-order chi connectivity index (χ0) is 13.3. The van der Waals surface area contributed by atoms with Gasteiger partial charge in [0.05, 0.1) is 6.26 Å². The second-order valence-corrected chi connectivity index (χ2v) is 6.44. The highest BCUT2D eigenvalue weighted by atomic mass is 32.1. The summed E-state index contributed by atoms with van der Waals surface area (Å²) in [5.74, 6) is 0.111. The first kappa shape index (κ1) is 13.3. The first-order chi connectivity index (χ1) is 8.43. The van der Waals surface area contributed by atoms with Gasteiger partial charge in [-0.2, -0.15) is 0 Å². The molecule has 0 aliphatic heterocycles. The number of nitrogens with two attached hydrogens (primary N) is 1.